The van der Waals surface area contributed by atoms with Crippen LogP contribution in [0.3, 0.4) is 0 Å². The normalized spacial score (nSPS) is 13.0. The molecular formula is C14H15N3O9S3. The van der Waals surface area contributed by atoms with Gasteiger partial charge in [-0.05, 0) is 29.3 Å². The van der Waals surface area contributed by atoms with Gasteiger partial charge >= 0.3 is 0 Å². The minimum Gasteiger partial charge on any atom is -0.398 e. The van der Waals surface area contributed by atoms with E-state index < -0.39 is 56.3 Å². The molecular weight excluding hydrogens is 450 g/mol. The predicted molar refractivity (Wildman–Crippen MR) is 103 cm³/mol. The van der Waals surface area contributed by atoms with Gasteiger partial charge in [0.25, 0.3) is 30.4 Å². The highest BCUT2D eigenvalue weighted by Crippen LogP contribution is 2.32. The molecule has 12 nitrogen and oxygen atoms in total. The van der Waals surface area contributed by atoms with Crippen molar-refractivity contribution in [1.29, 1.82) is 0 Å². The quantitative estimate of drug-likeness (QED) is 0.112. The van der Waals surface area contributed by atoms with E-state index in [4.69, 9.17) is 11.6 Å². The van der Waals surface area contributed by atoms with Crippen molar-refractivity contribution >= 4 is 53.9 Å². The number of hydrogen-bond acceptors (Lipinski definition) is 9. The van der Waals surface area contributed by atoms with Crippen molar-refractivity contribution in [3.8, 4) is 0 Å². The molecule has 29 heavy (non-hydrogen) atoms. The zero-order valence-corrected chi connectivity index (χ0v) is 16.7. The van der Waals surface area contributed by atoms with Crippen LogP contribution in [0.4, 0.5) is 11.4 Å². The molecule has 0 heterocycles. The monoisotopic (exact) mass is 465 g/mol. The molecule has 8 N–H and O–H groups in total. The van der Waals surface area contributed by atoms with E-state index in [1.54, 1.807) is 0 Å². The van der Waals surface area contributed by atoms with Crippen LogP contribution in [0, 0.1) is 0 Å². The van der Waals surface area contributed by atoms with E-state index in [9.17, 15) is 38.9 Å². The molecule has 0 atom stereocenters. The van der Waals surface area contributed by atoms with Crippen LogP contribution in [0.2, 0.25) is 0 Å². The maximum Gasteiger partial charge on any atom is 0.298 e. The lowest BCUT2D eigenvalue weighted by molar-refractivity contribution is 0.467. The van der Waals surface area contributed by atoms with Crippen molar-refractivity contribution in [3.05, 3.63) is 41.5 Å². The number of anilines is 2. The zero-order valence-electron chi connectivity index (χ0n) is 14.2. The van der Waals surface area contributed by atoms with Crippen LogP contribution in [0.1, 0.15) is 11.1 Å². The fourth-order valence-corrected chi connectivity index (χ4v) is 5.27. The van der Waals surface area contributed by atoms with Crippen molar-refractivity contribution in [3.63, 3.8) is 0 Å². The van der Waals surface area contributed by atoms with Gasteiger partial charge in [0.2, 0.25) is 0 Å². The lowest BCUT2D eigenvalue weighted by Crippen LogP contribution is -2.13. The number of rotatable bonds is 6. The van der Waals surface area contributed by atoms with E-state index >= 15 is 0 Å². The molecule has 2 aromatic rings. The molecule has 0 aliphatic rings. The summed E-state index contributed by atoms with van der Waals surface area (Å²) in [5.41, 5.74) is 6.53. The Labute approximate surface area is 166 Å². The van der Waals surface area contributed by atoms with Crippen molar-refractivity contribution in [2.24, 2.45) is 5.84 Å². The average Bonchev–Trinajstić information content (AvgIpc) is 2.57. The highest BCUT2D eigenvalue weighted by molar-refractivity contribution is 7.89. The SMILES string of the molecule is NNc1ccc(C=Cc2ccc(N)c(S(=O)(=O)O)c2S(=O)(=O)O)c(S(=O)(=O)O)c1. The van der Waals surface area contributed by atoms with Gasteiger partial charge in [0.1, 0.15) is 14.7 Å². The third-order valence-corrected chi connectivity index (χ3v) is 6.54. The summed E-state index contributed by atoms with van der Waals surface area (Å²) in [7, 11) is -15.1. The predicted octanol–water partition coefficient (Wildman–Crippen LogP) is 0.465. The Morgan fingerprint density at radius 2 is 1.28 bits per heavy atom. The Hall–Kier alpha value is -2.53. The van der Waals surface area contributed by atoms with E-state index in [0.29, 0.717) is 0 Å². The summed E-state index contributed by atoms with van der Waals surface area (Å²) >= 11 is 0. The zero-order chi connectivity index (χ0) is 22.2. The summed E-state index contributed by atoms with van der Waals surface area (Å²) in [5, 5.41) is 0. The lowest BCUT2D eigenvalue weighted by atomic mass is 10.1. The third kappa shape index (κ3) is 5.10. The van der Waals surface area contributed by atoms with Crippen LogP contribution in [-0.2, 0) is 30.4 Å². The van der Waals surface area contributed by atoms with Gasteiger partial charge in [-0.15, -0.1) is 0 Å². The summed E-state index contributed by atoms with van der Waals surface area (Å²) in [6, 6.07) is 5.52. The number of benzene rings is 2. The molecule has 0 amide bonds. The van der Waals surface area contributed by atoms with Crippen molar-refractivity contribution in [2.75, 3.05) is 11.2 Å². The molecule has 2 aromatic carbocycles. The van der Waals surface area contributed by atoms with Crippen LogP contribution >= 0.6 is 0 Å². The topological polar surface area (TPSA) is 227 Å². The second-order valence-electron chi connectivity index (χ2n) is 5.56. The molecule has 0 aliphatic heterocycles. The molecule has 0 aliphatic carbocycles. The molecule has 0 bridgehead atoms. The number of nitrogens with one attached hydrogen (secondary N) is 1. The Morgan fingerprint density at radius 3 is 1.76 bits per heavy atom. The standard InChI is InChI=1S/C14H15N3O9S3/c15-11-6-4-9(13(28(21,22)23)14(11)29(24,25)26)2-1-8-3-5-10(17-16)7-12(8)27(18,19)20/h1-7,17H,15-16H2,(H,18,19,20)(H,21,22,23)(H,24,25,26). The number of nitrogens with two attached hydrogens (primary N) is 2. The van der Waals surface area contributed by atoms with Gasteiger partial charge in [-0.25, -0.2) is 0 Å². The maximum absolute atomic E-state index is 11.7. The first-order valence-electron chi connectivity index (χ1n) is 7.30. The average molecular weight is 465 g/mol. The molecule has 0 spiro atoms. The van der Waals surface area contributed by atoms with Crippen molar-refractivity contribution in [1.82, 2.24) is 0 Å². The summed E-state index contributed by atoms with van der Waals surface area (Å²) in [4.78, 5) is -3.03. The summed E-state index contributed by atoms with van der Waals surface area (Å²) in [6.07, 6.45) is 1.97. The number of nitrogen functional groups attached to an aromatic ring is 2. The summed E-state index contributed by atoms with van der Waals surface area (Å²) < 4.78 is 97.8. The van der Waals surface area contributed by atoms with Gasteiger partial charge in [-0.1, -0.05) is 24.3 Å². The molecule has 0 aromatic heterocycles. The Kier molecular flexibility index (Phi) is 6.05. The molecule has 0 radical (unpaired) electrons. The molecule has 0 saturated carbocycles. The Balaban J connectivity index is 2.79. The molecule has 0 fully saturated rings. The summed E-state index contributed by atoms with van der Waals surface area (Å²) in [6.45, 7) is 0. The van der Waals surface area contributed by atoms with Crippen molar-refractivity contribution < 1.29 is 38.9 Å². The number of hydrazine groups is 1. The van der Waals surface area contributed by atoms with Crippen LogP contribution in [-0.4, -0.2) is 38.9 Å². The van der Waals surface area contributed by atoms with E-state index in [0.717, 1.165) is 30.4 Å². The first kappa shape index (κ1) is 22.8. The Bertz CT molecular complexity index is 1320. The van der Waals surface area contributed by atoms with Gasteiger partial charge in [-0.2, -0.15) is 25.3 Å². The van der Waals surface area contributed by atoms with Crippen LogP contribution < -0.4 is 17.0 Å². The van der Waals surface area contributed by atoms with Gasteiger partial charge in [0, 0.05) is 5.69 Å². The van der Waals surface area contributed by atoms with Gasteiger partial charge in [0.15, 0.2) is 0 Å². The van der Waals surface area contributed by atoms with Gasteiger partial charge in [-0.3, -0.25) is 19.5 Å². The molecule has 15 heteroatoms. The maximum atomic E-state index is 11.7. The molecule has 2 rings (SSSR count). The highest BCUT2D eigenvalue weighted by Gasteiger charge is 2.29. The fraction of sp³-hybridized carbons (Fsp3) is 0. The molecule has 0 unspecified atom stereocenters. The summed E-state index contributed by atoms with van der Waals surface area (Å²) in [5.74, 6) is 5.19. The van der Waals surface area contributed by atoms with E-state index in [2.05, 4.69) is 5.43 Å². The third-order valence-electron chi connectivity index (χ3n) is 3.59. The second-order valence-corrected chi connectivity index (χ2v) is 9.66. The first-order valence-corrected chi connectivity index (χ1v) is 11.6. The van der Waals surface area contributed by atoms with Gasteiger partial charge < -0.3 is 11.2 Å². The largest absolute Gasteiger partial charge is 0.398 e. The van der Waals surface area contributed by atoms with Crippen molar-refractivity contribution in [2.45, 2.75) is 14.7 Å². The first-order chi connectivity index (χ1) is 13.2. The minimum absolute atomic E-state index is 0.127. The van der Waals surface area contributed by atoms with Crippen LogP contribution in [0.5, 0.6) is 0 Å². The van der Waals surface area contributed by atoms with Gasteiger partial charge in [0.05, 0.1) is 5.69 Å². The second kappa shape index (κ2) is 7.71. The van der Waals surface area contributed by atoms with E-state index in [1.807, 2.05) is 0 Å². The Morgan fingerprint density at radius 1 is 0.759 bits per heavy atom. The number of hydrogen-bond donors (Lipinski definition) is 6. The van der Waals surface area contributed by atoms with E-state index in [-0.39, 0.29) is 11.3 Å². The highest BCUT2D eigenvalue weighted by atomic mass is 32.2. The van der Waals surface area contributed by atoms with Crippen LogP contribution in [0.25, 0.3) is 12.2 Å². The molecule has 0 saturated heterocycles. The fourth-order valence-electron chi connectivity index (χ4n) is 2.42. The van der Waals surface area contributed by atoms with E-state index in [1.165, 1.54) is 12.1 Å². The molecule has 158 valence electrons. The van der Waals surface area contributed by atoms with Crippen LogP contribution in [0.15, 0.2) is 45.0 Å². The minimum atomic E-state index is -5.19. The smallest absolute Gasteiger partial charge is 0.298 e. The lowest BCUT2D eigenvalue weighted by Gasteiger charge is -2.11.